The first-order chi connectivity index (χ1) is 12.5. The summed E-state index contributed by atoms with van der Waals surface area (Å²) in [4.78, 5) is 15.4. The van der Waals surface area contributed by atoms with E-state index in [0.717, 1.165) is 10.7 Å². The van der Waals surface area contributed by atoms with E-state index in [1.165, 1.54) is 19.1 Å². The minimum atomic E-state index is -3.59. The molecule has 0 radical (unpaired) electrons. The van der Waals surface area contributed by atoms with Crippen LogP contribution in [-0.4, -0.2) is 36.0 Å². The molecule has 0 fully saturated rings. The van der Waals surface area contributed by atoms with Gasteiger partial charge in [0.05, 0.1) is 9.92 Å². The SMILES string of the molecule is CC(=O)Nc1ccc(S(=O)(=O)NCCSc2cccc3nccn23)cc1. The van der Waals surface area contributed by atoms with Crippen molar-refractivity contribution in [1.82, 2.24) is 14.1 Å². The molecule has 7 nitrogen and oxygen atoms in total. The first-order valence-corrected chi connectivity index (χ1v) is 10.3. The molecule has 1 amide bonds. The number of hydrogen-bond acceptors (Lipinski definition) is 5. The van der Waals surface area contributed by atoms with Crippen molar-refractivity contribution >= 4 is 39.0 Å². The van der Waals surface area contributed by atoms with Crippen molar-refractivity contribution in [2.24, 2.45) is 0 Å². The quantitative estimate of drug-likeness (QED) is 0.477. The third-order valence-electron chi connectivity index (χ3n) is 3.52. The number of nitrogens with zero attached hydrogens (tertiary/aromatic N) is 2. The molecule has 0 saturated carbocycles. The van der Waals surface area contributed by atoms with Crippen LogP contribution in [0.3, 0.4) is 0 Å². The highest BCUT2D eigenvalue weighted by Crippen LogP contribution is 2.19. The second-order valence-electron chi connectivity index (χ2n) is 5.47. The Morgan fingerprint density at radius 1 is 1.19 bits per heavy atom. The minimum Gasteiger partial charge on any atom is -0.326 e. The molecule has 136 valence electrons. The van der Waals surface area contributed by atoms with E-state index in [1.54, 1.807) is 30.1 Å². The number of sulfonamides is 1. The van der Waals surface area contributed by atoms with Gasteiger partial charge in [-0.3, -0.25) is 9.20 Å². The first-order valence-electron chi connectivity index (χ1n) is 7.88. The van der Waals surface area contributed by atoms with E-state index >= 15 is 0 Å². The Bertz CT molecular complexity index is 1010. The van der Waals surface area contributed by atoms with E-state index in [1.807, 2.05) is 28.8 Å². The lowest BCUT2D eigenvalue weighted by Gasteiger charge is -2.09. The van der Waals surface area contributed by atoms with Gasteiger partial charge in [-0.2, -0.15) is 0 Å². The van der Waals surface area contributed by atoms with Gasteiger partial charge in [0.15, 0.2) is 0 Å². The van der Waals surface area contributed by atoms with Crippen molar-refractivity contribution in [3.05, 3.63) is 54.9 Å². The number of rotatable bonds is 7. The Kier molecular flexibility index (Phi) is 5.60. The second kappa shape index (κ2) is 7.90. The number of thioether (sulfide) groups is 1. The molecule has 0 aliphatic carbocycles. The maximum Gasteiger partial charge on any atom is 0.240 e. The summed E-state index contributed by atoms with van der Waals surface area (Å²) in [6.45, 7) is 1.69. The van der Waals surface area contributed by atoms with Crippen LogP contribution in [0.25, 0.3) is 5.65 Å². The Labute approximate surface area is 155 Å². The van der Waals surface area contributed by atoms with Gasteiger partial charge in [0.25, 0.3) is 0 Å². The Morgan fingerprint density at radius 2 is 1.96 bits per heavy atom. The van der Waals surface area contributed by atoms with Crippen LogP contribution in [0.2, 0.25) is 0 Å². The molecule has 2 aromatic heterocycles. The summed E-state index contributed by atoms with van der Waals surface area (Å²) >= 11 is 1.55. The smallest absolute Gasteiger partial charge is 0.240 e. The van der Waals surface area contributed by atoms with E-state index in [0.29, 0.717) is 18.0 Å². The van der Waals surface area contributed by atoms with Gasteiger partial charge in [-0.25, -0.2) is 18.1 Å². The summed E-state index contributed by atoms with van der Waals surface area (Å²) in [6, 6.07) is 11.9. The summed E-state index contributed by atoms with van der Waals surface area (Å²) in [5.74, 6) is 0.379. The van der Waals surface area contributed by atoms with E-state index in [4.69, 9.17) is 0 Å². The predicted octanol–water partition coefficient (Wildman–Crippen LogP) is 2.36. The van der Waals surface area contributed by atoms with E-state index in [-0.39, 0.29) is 10.8 Å². The first kappa shape index (κ1) is 18.4. The number of nitrogens with one attached hydrogen (secondary N) is 2. The van der Waals surface area contributed by atoms with Crippen LogP contribution in [0, 0.1) is 0 Å². The molecule has 0 aliphatic heterocycles. The molecule has 3 rings (SSSR count). The second-order valence-corrected chi connectivity index (χ2v) is 8.35. The maximum atomic E-state index is 12.3. The number of carbonyl (C=O) groups is 1. The van der Waals surface area contributed by atoms with Crippen LogP contribution in [0.1, 0.15) is 6.92 Å². The van der Waals surface area contributed by atoms with Gasteiger partial charge in [-0.05, 0) is 36.4 Å². The lowest BCUT2D eigenvalue weighted by Crippen LogP contribution is -2.26. The van der Waals surface area contributed by atoms with Gasteiger partial charge in [0.1, 0.15) is 5.65 Å². The summed E-state index contributed by atoms with van der Waals surface area (Å²) in [5, 5.41) is 3.60. The number of imidazole rings is 1. The topological polar surface area (TPSA) is 92.6 Å². The Morgan fingerprint density at radius 3 is 2.69 bits per heavy atom. The molecule has 0 unspecified atom stereocenters. The van der Waals surface area contributed by atoms with Crippen molar-refractivity contribution in [1.29, 1.82) is 0 Å². The predicted molar refractivity (Wildman–Crippen MR) is 102 cm³/mol. The number of amides is 1. The molecular weight excluding hydrogens is 372 g/mol. The molecule has 2 N–H and O–H groups in total. The van der Waals surface area contributed by atoms with E-state index < -0.39 is 10.0 Å². The Hall–Kier alpha value is -2.36. The summed E-state index contributed by atoms with van der Waals surface area (Å²) < 4.78 is 29.2. The molecule has 0 atom stereocenters. The van der Waals surface area contributed by atoms with Crippen molar-refractivity contribution < 1.29 is 13.2 Å². The van der Waals surface area contributed by atoms with Crippen LogP contribution >= 0.6 is 11.8 Å². The number of hydrogen-bond donors (Lipinski definition) is 2. The third-order valence-corrected chi connectivity index (χ3v) is 6.03. The fourth-order valence-electron chi connectivity index (χ4n) is 2.37. The van der Waals surface area contributed by atoms with Crippen molar-refractivity contribution in [3.63, 3.8) is 0 Å². The maximum absolute atomic E-state index is 12.3. The van der Waals surface area contributed by atoms with Gasteiger partial charge >= 0.3 is 0 Å². The molecule has 3 aromatic rings. The number of benzene rings is 1. The fraction of sp³-hybridized carbons (Fsp3) is 0.176. The van der Waals surface area contributed by atoms with Crippen molar-refractivity contribution in [3.8, 4) is 0 Å². The fourth-order valence-corrected chi connectivity index (χ4v) is 4.42. The molecular formula is C17H18N4O3S2. The van der Waals surface area contributed by atoms with Gasteiger partial charge < -0.3 is 5.32 Å². The number of fused-ring (bicyclic) bond motifs is 1. The highest BCUT2D eigenvalue weighted by atomic mass is 32.2. The van der Waals surface area contributed by atoms with Gasteiger partial charge in [-0.15, -0.1) is 11.8 Å². The number of carbonyl (C=O) groups excluding carboxylic acids is 1. The zero-order valence-corrected chi connectivity index (χ0v) is 15.7. The highest BCUT2D eigenvalue weighted by Gasteiger charge is 2.13. The summed E-state index contributed by atoms with van der Waals surface area (Å²) in [5.41, 5.74) is 1.41. The molecule has 26 heavy (non-hydrogen) atoms. The van der Waals surface area contributed by atoms with Crippen LogP contribution in [0.5, 0.6) is 0 Å². The molecule has 9 heteroatoms. The molecule has 0 bridgehead atoms. The standard InChI is InChI=1S/C17H18N4O3S2/c1-13(22)20-14-5-7-15(8-6-14)26(23,24)19-10-12-25-17-4-2-3-16-18-9-11-21(16)17/h2-9,11,19H,10,12H2,1H3,(H,20,22). The van der Waals surface area contributed by atoms with E-state index in [9.17, 15) is 13.2 Å². The molecule has 0 saturated heterocycles. The lowest BCUT2D eigenvalue weighted by atomic mass is 10.3. The zero-order valence-electron chi connectivity index (χ0n) is 14.0. The molecule has 0 spiro atoms. The van der Waals surface area contributed by atoms with Crippen LogP contribution in [0.15, 0.2) is 64.8 Å². The normalized spacial score (nSPS) is 11.6. The van der Waals surface area contributed by atoms with Crippen molar-refractivity contribution in [2.45, 2.75) is 16.8 Å². The summed E-state index contributed by atoms with van der Waals surface area (Å²) in [6.07, 6.45) is 3.60. The zero-order chi connectivity index (χ0) is 18.6. The highest BCUT2D eigenvalue weighted by molar-refractivity contribution is 7.99. The van der Waals surface area contributed by atoms with Crippen LogP contribution in [-0.2, 0) is 14.8 Å². The molecule has 2 heterocycles. The number of pyridine rings is 1. The lowest BCUT2D eigenvalue weighted by molar-refractivity contribution is -0.114. The van der Waals surface area contributed by atoms with Crippen molar-refractivity contribution in [2.75, 3.05) is 17.6 Å². The molecule has 1 aromatic carbocycles. The minimum absolute atomic E-state index is 0.160. The Balaban J connectivity index is 1.56. The van der Waals surface area contributed by atoms with Gasteiger partial charge in [0.2, 0.25) is 15.9 Å². The average molecular weight is 390 g/mol. The summed E-state index contributed by atoms with van der Waals surface area (Å²) in [7, 11) is -3.59. The van der Waals surface area contributed by atoms with E-state index in [2.05, 4.69) is 15.0 Å². The largest absolute Gasteiger partial charge is 0.326 e. The van der Waals surface area contributed by atoms with Crippen LogP contribution < -0.4 is 10.0 Å². The third kappa shape index (κ3) is 4.43. The number of aromatic nitrogens is 2. The van der Waals surface area contributed by atoms with Crippen LogP contribution in [0.4, 0.5) is 5.69 Å². The van der Waals surface area contributed by atoms with Gasteiger partial charge in [-0.1, -0.05) is 6.07 Å². The monoisotopic (exact) mass is 390 g/mol. The average Bonchev–Trinajstić information content (AvgIpc) is 3.08. The van der Waals surface area contributed by atoms with Gasteiger partial charge in [0, 0.05) is 37.3 Å². The molecule has 0 aliphatic rings. The number of anilines is 1.